The number of nitrogens with one attached hydrogen (secondary N) is 1. The molecule has 0 atom stereocenters. The Kier molecular flexibility index (Phi) is 17.5. The highest BCUT2D eigenvalue weighted by Crippen LogP contribution is 2.19. The number of H-pyrrole nitrogens is 1. The van der Waals surface area contributed by atoms with Gasteiger partial charge in [-0.05, 0) is 123 Å². The molecule has 48 heavy (non-hydrogen) atoms. The fourth-order valence-electron chi connectivity index (χ4n) is 4.38. The van der Waals surface area contributed by atoms with Crippen molar-refractivity contribution in [2.24, 2.45) is 0 Å². The van der Waals surface area contributed by atoms with Gasteiger partial charge in [0.15, 0.2) is 0 Å². The third kappa shape index (κ3) is 16.9. The second-order valence-corrected chi connectivity index (χ2v) is 15.7. The molecule has 1 saturated heterocycles. The van der Waals surface area contributed by atoms with Crippen LogP contribution in [0.15, 0.2) is 56.2 Å². The highest BCUT2D eigenvalue weighted by Gasteiger charge is 2.22. The van der Waals surface area contributed by atoms with Crippen LogP contribution in [0.25, 0.3) is 4.85 Å². The van der Waals surface area contributed by atoms with E-state index >= 15 is 0 Å². The van der Waals surface area contributed by atoms with E-state index in [-0.39, 0.29) is 11.1 Å². The maximum Gasteiger partial charge on any atom is 0.278 e. The smallest absolute Gasteiger partial charge is 0.278 e. The van der Waals surface area contributed by atoms with Gasteiger partial charge in [-0.25, -0.2) is 30.8 Å². The van der Waals surface area contributed by atoms with Crippen LogP contribution >= 0.6 is 0 Å². The first-order valence-corrected chi connectivity index (χ1v) is 17.3. The Morgan fingerprint density at radius 2 is 1.52 bits per heavy atom. The standard InChI is InChI=1S/C9H19N.C8H11N3.C8H14N2.C6H11N3.C6H10N2/c1-9(2,3)10-7-5-4-6-8-10;1-7(2)11-5-8(4-9-3)10-6-11;1-7-5-10(6-9-7)8(2,3)4;1-6(2,3)9-5-4-7-8-9;1-6(2)8-4-3-7-5-8/h4-8H2,1-3H3;5-7H,4H2,1-2H3;5-6H,1-4H3;4-5H,1-3H3;3-6H,1-2H3/p+1. The molecule has 4 aromatic heterocycles. The van der Waals surface area contributed by atoms with Gasteiger partial charge in [0.2, 0.25) is 12.0 Å². The molecule has 1 N–H and O–H groups in total. The van der Waals surface area contributed by atoms with Crippen molar-refractivity contribution in [1.82, 2.24) is 44.0 Å². The van der Waals surface area contributed by atoms with E-state index in [4.69, 9.17) is 6.57 Å². The highest BCUT2D eigenvalue weighted by molar-refractivity contribution is 4.95. The Bertz CT molecular complexity index is 1390. The molecule has 5 heterocycles. The first-order valence-electron chi connectivity index (χ1n) is 17.3. The molecule has 11 heteroatoms. The molecule has 4 aromatic rings. The average Bonchev–Trinajstić information content (AvgIpc) is 3.81. The summed E-state index contributed by atoms with van der Waals surface area (Å²) in [5, 5.41) is 7.56. The number of aryl methyl sites for hydroxylation is 1. The lowest BCUT2D eigenvalue weighted by molar-refractivity contribution is -0.715. The normalized spacial score (nSPS) is 13.6. The number of hydrogen-bond donors (Lipinski definition) is 1. The number of likely N-dealkylation sites (tertiary alicyclic amines) is 1. The molecule has 0 amide bonds. The first kappa shape index (κ1) is 42.2. The number of rotatable bonds is 3. The molecule has 0 aliphatic carbocycles. The number of aromatic nitrogens is 9. The fraction of sp³-hybridized carbons (Fsp3) is 0.676. The summed E-state index contributed by atoms with van der Waals surface area (Å²) in [7, 11) is 0. The molecule has 5 rings (SSSR count). The Labute approximate surface area is 291 Å². The van der Waals surface area contributed by atoms with E-state index in [1.54, 1.807) is 12.4 Å². The van der Waals surface area contributed by atoms with Gasteiger partial charge in [0.25, 0.3) is 6.54 Å². The average molecular weight is 665 g/mol. The molecular formula is C37H66N11+. The van der Waals surface area contributed by atoms with Crippen molar-refractivity contribution in [3.63, 3.8) is 0 Å². The van der Waals surface area contributed by atoms with Crippen LogP contribution in [0, 0.1) is 13.5 Å². The Morgan fingerprint density at radius 1 is 0.875 bits per heavy atom. The second kappa shape index (κ2) is 19.9. The van der Waals surface area contributed by atoms with Gasteiger partial charge in [-0.3, -0.25) is 4.90 Å². The monoisotopic (exact) mass is 665 g/mol. The largest absolute Gasteiger partial charge is 0.335 e. The van der Waals surface area contributed by atoms with Gasteiger partial charge in [-0.15, -0.1) is 5.10 Å². The molecule has 0 saturated carbocycles. The highest BCUT2D eigenvalue weighted by atomic mass is 15.4. The van der Waals surface area contributed by atoms with Crippen molar-refractivity contribution in [3.8, 4) is 0 Å². The van der Waals surface area contributed by atoms with Gasteiger partial charge in [0.1, 0.15) is 6.20 Å². The molecule has 1 fully saturated rings. The summed E-state index contributed by atoms with van der Waals surface area (Å²) >= 11 is 0. The predicted octanol–water partition coefficient (Wildman–Crippen LogP) is 8.02. The van der Waals surface area contributed by atoms with Gasteiger partial charge >= 0.3 is 0 Å². The number of aromatic amines is 1. The summed E-state index contributed by atoms with van der Waals surface area (Å²) in [5.74, 6) is 0. The van der Waals surface area contributed by atoms with E-state index in [2.05, 4.69) is 145 Å². The SMILES string of the molecule is CC(C)(C)N1CCCCC1.CC(C)(C)n1ccnn1.CC(C)n1ccnc1.Cc1cn(C(C)(C)C)cn1.[C-]#[N+]Cc1c[n+](C(C)C)c[nH]1. The topological polar surface area (TPSA) is 93.6 Å². The van der Waals surface area contributed by atoms with E-state index in [1.807, 2.05) is 49.2 Å². The van der Waals surface area contributed by atoms with Crippen molar-refractivity contribution in [2.45, 2.75) is 151 Å². The molecule has 0 unspecified atom stereocenters. The van der Waals surface area contributed by atoms with Gasteiger partial charge in [0.05, 0.1) is 36.1 Å². The lowest BCUT2D eigenvalue weighted by atomic mass is 10.0. The van der Waals surface area contributed by atoms with E-state index in [0.717, 1.165) is 11.4 Å². The minimum absolute atomic E-state index is 0.0660. The van der Waals surface area contributed by atoms with Crippen molar-refractivity contribution in [2.75, 3.05) is 13.1 Å². The Morgan fingerprint density at radius 3 is 1.81 bits per heavy atom. The van der Waals surface area contributed by atoms with Crippen molar-refractivity contribution >= 4 is 0 Å². The molecular weight excluding hydrogens is 598 g/mol. The third-order valence-electron chi connectivity index (χ3n) is 7.57. The summed E-state index contributed by atoms with van der Waals surface area (Å²) in [6.07, 6.45) is 21.2. The molecule has 0 spiro atoms. The van der Waals surface area contributed by atoms with Crippen LogP contribution in [0.5, 0.6) is 0 Å². The Balaban J connectivity index is 0.000000301. The Hall–Kier alpha value is -3.78. The van der Waals surface area contributed by atoms with Gasteiger partial charge in [-0.2, -0.15) is 0 Å². The number of hydrogen-bond acceptors (Lipinski definition) is 5. The third-order valence-corrected chi connectivity index (χ3v) is 7.57. The van der Waals surface area contributed by atoms with Crippen LogP contribution < -0.4 is 4.57 Å². The fourth-order valence-corrected chi connectivity index (χ4v) is 4.38. The van der Waals surface area contributed by atoms with Gasteiger partial charge < -0.3 is 14.0 Å². The van der Waals surface area contributed by atoms with Crippen LogP contribution in [0.1, 0.15) is 133 Å². The predicted molar refractivity (Wildman–Crippen MR) is 196 cm³/mol. The lowest BCUT2D eigenvalue weighted by Crippen LogP contribution is -2.44. The summed E-state index contributed by atoms with van der Waals surface area (Å²) < 4.78 is 8.05. The summed E-state index contributed by atoms with van der Waals surface area (Å²) in [6, 6.07) is 1.00. The van der Waals surface area contributed by atoms with E-state index < -0.39 is 0 Å². The van der Waals surface area contributed by atoms with Crippen molar-refractivity contribution in [3.05, 3.63) is 79.0 Å². The van der Waals surface area contributed by atoms with E-state index in [0.29, 0.717) is 24.2 Å². The van der Waals surface area contributed by atoms with Crippen LogP contribution in [0.3, 0.4) is 0 Å². The molecule has 11 nitrogen and oxygen atoms in total. The molecule has 0 aromatic carbocycles. The molecule has 1 aliphatic heterocycles. The first-order chi connectivity index (χ1) is 22.3. The van der Waals surface area contributed by atoms with Crippen LogP contribution in [0.2, 0.25) is 0 Å². The number of imidazole rings is 3. The van der Waals surface area contributed by atoms with Crippen LogP contribution in [-0.2, 0) is 17.6 Å². The van der Waals surface area contributed by atoms with Crippen LogP contribution in [0.4, 0.5) is 0 Å². The molecule has 1 aliphatic rings. The van der Waals surface area contributed by atoms with E-state index in [1.165, 1.54) is 32.4 Å². The van der Waals surface area contributed by atoms with Crippen LogP contribution in [-0.4, -0.2) is 62.6 Å². The van der Waals surface area contributed by atoms with Gasteiger partial charge in [0, 0.05) is 41.9 Å². The zero-order valence-electron chi connectivity index (χ0n) is 32.6. The zero-order chi connectivity index (χ0) is 36.5. The van der Waals surface area contributed by atoms with Crippen molar-refractivity contribution < 1.29 is 4.57 Å². The van der Waals surface area contributed by atoms with Crippen molar-refractivity contribution in [1.29, 1.82) is 0 Å². The number of nitrogens with zero attached hydrogens (tertiary/aromatic N) is 10. The lowest BCUT2D eigenvalue weighted by Gasteiger charge is -2.38. The molecule has 0 bridgehead atoms. The quantitative estimate of drug-likeness (QED) is 0.177. The minimum Gasteiger partial charge on any atom is -0.335 e. The zero-order valence-corrected chi connectivity index (χ0v) is 32.6. The summed E-state index contributed by atoms with van der Waals surface area (Å²) in [5.41, 5.74) is 2.70. The second-order valence-electron chi connectivity index (χ2n) is 15.7. The molecule has 0 radical (unpaired) electrons. The summed E-state index contributed by atoms with van der Waals surface area (Å²) in [6.45, 7) is 39.8. The maximum atomic E-state index is 6.65. The number of piperidine rings is 1. The summed E-state index contributed by atoms with van der Waals surface area (Å²) in [4.78, 5) is 17.0. The minimum atomic E-state index is 0.0660. The molecule has 268 valence electrons. The van der Waals surface area contributed by atoms with Gasteiger partial charge in [-0.1, -0.05) is 11.6 Å². The maximum absolute atomic E-state index is 6.65. The van der Waals surface area contributed by atoms with E-state index in [9.17, 15) is 0 Å².